The number of methoxy groups -OCH3 is 1. The fourth-order valence-corrected chi connectivity index (χ4v) is 1.52. The summed E-state index contributed by atoms with van der Waals surface area (Å²) in [6, 6.07) is 15.5. The van der Waals surface area contributed by atoms with Gasteiger partial charge in [-0.05, 0) is 36.8 Å². The summed E-state index contributed by atoms with van der Waals surface area (Å²) < 4.78 is 10.9. The van der Waals surface area contributed by atoms with Crippen LogP contribution in [0, 0.1) is 6.92 Å². The van der Waals surface area contributed by atoms with Gasteiger partial charge in [0.05, 0.1) is 7.11 Å². The Hall–Kier alpha value is -1.96. The molecule has 2 aromatic carbocycles. The van der Waals surface area contributed by atoms with E-state index in [9.17, 15) is 0 Å². The van der Waals surface area contributed by atoms with Crippen molar-refractivity contribution in [3.63, 3.8) is 0 Å². The van der Waals surface area contributed by atoms with Crippen LogP contribution in [-0.4, -0.2) is 7.11 Å². The van der Waals surface area contributed by atoms with Crippen LogP contribution in [0.15, 0.2) is 48.5 Å². The average molecular weight is 214 g/mol. The lowest BCUT2D eigenvalue weighted by molar-refractivity contribution is 0.408. The zero-order valence-corrected chi connectivity index (χ0v) is 9.44. The first-order valence-electron chi connectivity index (χ1n) is 5.16. The van der Waals surface area contributed by atoms with Gasteiger partial charge < -0.3 is 9.47 Å². The number of para-hydroxylation sites is 1. The van der Waals surface area contributed by atoms with E-state index < -0.39 is 0 Å². The van der Waals surface area contributed by atoms with Crippen LogP contribution >= 0.6 is 0 Å². The SMILES string of the molecule is COc1cc(C)cc(Oc2ccccc2)c1. The van der Waals surface area contributed by atoms with Gasteiger partial charge in [0, 0.05) is 6.07 Å². The highest BCUT2D eigenvalue weighted by atomic mass is 16.5. The molecular weight excluding hydrogens is 200 g/mol. The lowest BCUT2D eigenvalue weighted by atomic mass is 10.2. The molecule has 0 heterocycles. The molecule has 0 saturated heterocycles. The van der Waals surface area contributed by atoms with Gasteiger partial charge in [0.1, 0.15) is 17.2 Å². The Morgan fingerprint density at radius 2 is 1.50 bits per heavy atom. The normalized spacial score (nSPS) is 9.88. The van der Waals surface area contributed by atoms with Crippen LogP contribution < -0.4 is 9.47 Å². The molecule has 0 spiro atoms. The fraction of sp³-hybridized carbons (Fsp3) is 0.143. The lowest BCUT2D eigenvalue weighted by Crippen LogP contribution is -1.88. The maximum Gasteiger partial charge on any atom is 0.131 e. The summed E-state index contributed by atoms with van der Waals surface area (Å²) in [7, 11) is 1.65. The van der Waals surface area contributed by atoms with Gasteiger partial charge in [-0.15, -0.1) is 0 Å². The van der Waals surface area contributed by atoms with Crippen LogP contribution in [-0.2, 0) is 0 Å². The summed E-state index contributed by atoms with van der Waals surface area (Å²) >= 11 is 0. The van der Waals surface area contributed by atoms with Crippen LogP contribution in [0.2, 0.25) is 0 Å². The molecule has 0 atom stereocenters. The Labute approximate surface area is 95.4 Å². The van der Waals surface area contributed by atoms with E-state index in [1.165, 1.54) is 0 Å². The summed E-state index contributed by atoms with van der Waals surface area (Å²) in [5.74, 6) is 2.43. The first-order chi connectivity index (χ1) is 7.78. The van der Waals surface area contributed by atoms with Gasteiger partial charge in [-0.3, -0.25) is 0 Å². The minimum absolute atomic E-state index is 0.794. The minimum atomic E-state index is 0.794. The molecule has 2 heteroatoms. The summed E-state index contributed by atoms with van der Waals surface area (Å²) in [5, 5.41) is 0. The largest absolute Gasteiger partial charge is 0.497 e. The van der Waals surface area contributed by atoms with E-state index in [1.54, 1.807) is 7.11 Å². The van der Waals surface area contributed by atoms with Gasteiger partial charge in [0.25, 0.3) is 0 Å². The van der Waals surface area contributed by atoms with E-state index in [4.69, 9.17) is 9.47 Å². The second kappa shape index (κ2) is 4.71. The average Bonchev–Trinajstić information content (AvgIpc) is 2.29. The Balaban J connectivity index is 2.24. The number of hydrogen-bond acceptors (Lipinski definition) is 2. The standard InChI is InChI=1S/C14H14O2/c1-11-8-13(15-2)10-14(9-11)16-12-6-4-3-5-7-12/h3-10H,1-2H3. The lowest BCUT2D eigenvalue weighted by Gasteiger charge is -2.08. The Bertz CT molecular complexity index is 463. The molecule has 0 aromatic heterocycles. The molecule has 0 aliphatic carbocycles. The van der Waals surface area contributed by atoms with Gasteiger partial charge in [-0.2, -0.15) is 0 Å². The van der Waals surface area contributed by atoms with Crippen molar-refractivity contribution < 1.29 is 9.47 Å². The number of benzene rings is 2. The molecule has 0 amide bonds. The highest BCUT2D eigenvalue weighted by Crippen LogP contribution is 2.26. The van der Waals surface area contributed by atoms with E-state index >= 15 is 0 Å². The van der Waals surface area contributed by atoms with Crippen molar-refractivity contribution >= 4 is 0 Å². The second-order valence-electron chi connectivity index (χ2n) is 3.60. The summed E-state index contributed by atoms with van der Waals surface area (Å²) in [5.41, 5.74) is 1.12. The highest BCUT2D eigenvalue weighted by Gasteiger charge is 2.00. The number of hydrogen-bond donors (Lipinski definition) is 0. The van der Waals surface area contributed by atoms with Crippen LogP contribution in [0.25, 0.3) is 0 Å². The molecule has 0 N–H and O–H groups in total. The molecule has 0 fully saturated rings. The predicted octanol–water partition coefficient (Wildman–Crippen LogP) is 3.80. The van der Waals surface area contributed by atoms with Crippen molar-refractivity contribution in [2.75, 3.05) is 7.11 Å². The summed E-state index contributed by atoms with van der Waals surface area (Å²) in [4.78, 5) is 0. The predicted molar refractivity (Wildman–Crippen MR) is 64.2 cm³/mol. The van der Waals surface area contributed by atoms with Gasteiger partial charge >= 0.3 is 0 Å². The molecule has 0 radical (unpaired) electrons. The van der Waals surface area contributed by atoms with Gasteiger partial charge in [-0.1, -0.05) is 18.2 Å². The molecule has 2 aromatic rings. The smallest absolute Gasteiger partial charge is 0.131 e. The van der Waals surface area contributed by atoms with Crippen LogP contribution in [0.1, 0.15) is 5.56 Å². The maximum absolute atomic E-state index is 5.72. The van der Waals surface area contributed by atoms with E-state index in [0.717, 1.165) is 22.8 Å². The first-order valence-corrected chi connectivity index (χ1v) is 5.16. The molecular formula is C14H14O2. The molecule has 0 bridgehead atoms. The minimum Gasteiger partial charge on any atom is -0.497 e. The number of ether oxygens (including phenoxy) is 2. The quantitative estimate of drug-likeness (QED) is 0.773. The monoisotopic (exact) mass is 214 g/mol. The van der Waals surface area contributed by atoms with Crippen molar-refractivity contribution in [2.24, 2.45) is 0 Å². The summed E-state index contributed by atoms with van der Waals surface area (Å²) in [6.45, 7) is 2.01. The van der Waals surface area contributed by atoms with Crippen LogP contribution in [0.3, 0.4) is 0 Å². The van der Waals surface area contributed by atoms with Crippen molar-refractivity contribution in [1.29, 1.82) is 0 Å². The van der Waals surface area contributed by atoms with Gasteiger partial charge in [0.2, 0.25) is 0 Å². The molecule has 0 aliphatic heterocycles. The third-order valence-electron chi connectivity index (χ3n) is 2.24. The van der Waals surface area contributed by atoms with Gasteiger partial charge in [0.15, 0.2) is 0 Å². The Morgan fingerprint density at radius 3 is 2.19 bits per heavy atom. The van der Waals surface area contributed by atoms with Crippen molar-refractivity contribution in [3.05, 3.63) is 54.1 Å². The topological polar surface area (TPSA) is 18.5 Å². The number of rotatable bonds is 3. The van der Waals surface area contributed by atoms with Crippen molar-refractivity contribution in [3.8, 4) is 17.2 Å². The molecule has 0 saturated carbocycles. The second-order valence-corrected chi connectivity index (χ2v) is 3.60. The highest BCUT2D eigenvalue weighted by molar-refractivity contribution is 5.40. The molecule has 16 heavy (non-hydrogen) atoms. The zero-order valence-electron chi connectivity index (χ0n) is 9.44. The van der Waals surface area contributed by atoms with Crippen molar-refractivity contribution in [1.82, 2.24) is 0 Å². The van der Waals surface area contributed by atoms with E-state index in [1.807, 2.05) is 55.5 Å². The van der Waals surface area contributed by atoms with E-state index in [-0.39, 0.29) is 0 Å². The van der Waals surface area contributed by atoms with E-state index in [2.05, 4.69) is 0 Å². The third-order valence-corrected chi connectivity index (χ3v) is 2.24. The van der Waals surface area contributed by atoms with E-state index in [0.29, 0.717) is 0 Å². The molecule has 2 nitrogen and oxygen atoms in total. The Kier molecular flexibility index (Phi) is 3.10. The maximum atomic E-state index is 5.72. The Morgan fingerprint density at radius 1 is 0.812 bits per heavy atom. The molecule has 82 valence electrons. The zero-order chi connectivity index (χ0) is 11.4. The molecule has 2 rings (SSSR count). The third kappa shape index (κ3) is 2.54. The van der Waals surface area contributed by atoms with Gasteiger partial charge in [-0.25, -0.2) is 0 Å². The van der Waals surface area contributed by atoms with Crippen molar-refractivity contribution in [2.45, 2.75) is 6.92 Å². The number of aryl methyl sites for hydroxylation is 1. The van der Waals surface area contributed by atoms with Crippen LogP contribution in [0.4, 0.5) is 0 Å². The first kappa shape index (κ1) is 10.6. The summed E-state index contributed by atoms with van der Waals surface area (Å²) in [6.07, 6.45) is 0. The molecule has 0 unspecified atom stereocenters. The molecule has 0 aliphatic rings. The fourth-order valence-electron chi connectivity index (χ4n) is 1.52. The van der Waals surface area contributed by atoms with Crippen LogP contribution in [0.5, 0.6) is 17.2 Å².